The first-order valence-corrected chi connectivity index (χ1v) is 10.0. The van der Waals surface area contributed by atoms with Gasteiger partial charge in [-0.15, -0.1) is 0 Å². The first-order valence-electron chi connectivity index (χ1n) is 10.0. The Hall–Kier alpha value is -2.60. The van der Waals surface area contributed by atoms with E-state index in [9.17, 15) is 0 Å². The molecule has 0 N–H and O–H groups in total. The molecule has 4 aliphatic rings. The third-order valence-electron chi connectivity index (χ3n) is 6.40. The highest BCUT2D eigenvalue weighted by Gasteiger charge is 2.51. The minimum atomic E-state index is -0.190. The fraction of sp³-hybridized carbons (Fsp3) is 0.455. The van der Waals surface area contributed by atoms with Crippen LogP contribution in [0.5, 0.6) is 17.2 Å². The van der Waals surface area contributed by atoms with Crippen LogP contribution >= 0.6 is 0 Å². The molecule has 1 unspecified atom stereocenters. The van der Waals surface area contributed by atoms with Crippen molar-refractivity contribution in [3.63, 3.8) is 0 Å². The molecule has 1 atom stereocenters. The maximum Gasteiger partial charge on any atom is 0.165 e. The molecule has 6 rings (SSSR count). The summed E-state index contributed by atoms with van der Waals surface area (Å²) in [6.07, 6.45) is 0. The number of ether oxygens (including phenoxy) is 4. The Morgan fingerprint density at radius 3 is 2.43 bits per heavy atom. The summed E-state index contributed by atoms with van der Waals surface area (Å²) in [4.78, 5) is 4.81. The highest BCUT2D eigenvalue weighted by Crippen LogP contribution is 2.56. The van der Waals surface area contributed by atoms with Crippen LogP contribution in [0, 0.1) is 0 Å². The lowest BCUT2D eigenvalue weighted by Crippen LogP contribution is -2.39. The molecule has 1 saturated heterocycles. The molecule has 6 nitrogen and oxygen atoms in total. The first-order chi connectivity index (χ1) is 13.8. The van der Waals surface area contributed by atoms with E-state index in [0.29, 0.717) is 19.8 Å². The summed E-state index contributed by atoms with van der Waals surface area (Å²) in [7, 11) is 2.17. The van der Waals surface area contributed by atoms with Gasteiger partial charge in [0, 0.05) is 55.2 Å². The zero-order valence-corrected chi connectivity index (χ0v) is 16.1. The topological polar surface area (TPSA) is 43.4 Å². The van der Waals surface area contributed by atoms with Gasteiger partial charge in [0.15, 0.2) is 11.5 Å². The summed E-state index contributed by atoms with van der Waals surface area (Å²) in [6.45, 7) is 6.12. The lowest BCUT2D eigenvalue weighted by atomic mass is 9.76. The predicted molar refractivity (Wildman–Crippen MR) is 106 cm³/mol. The second-order valence-corrected chi connectivity index (χ2v) is 7.99. The van der Waals surface area contributed by atoms with Gasteiger partial charge in [0.05, 0.1) is 18.6 Å². The fourth-order valence-corrected chi connectivity index (χ4v) is 5.15. The maximum absolute atomic E-state index is 6.24. The predicted octanol–water partition coefficient (Wildman–Crippen LogP) is 2.42. The Morgan fingerprint density at radius 2 is 1.61 bits per heavy atom. The van der Waals surface area contributed by atoms with E-state index in [0.717, 1.165) is 50.1 Å². The molecule has 0 radical (unpaired) electrons. The highest BCUT2D eigenvalue weighted by atomic mass is 16.6. The number of anilines is 2. The van der Waals surface area contributed by atoms with Crippen molar-refractivity contribution in [3.8, 4) is 17.2 Å². The van der Waals surface area contributed by atoms with Gasteiger partial charge in [-0.05, 0) is 18.2 Å². The highest BCUT2D eigenvalue weighted by molar-refractivity contribution is 5.79. The molecule has 2 aromatic rings. The number of nitrogens with zero attached hydrogens (tertiary/aromatic N) is 2. The van der Waals surface area contributed by atoms with Crippen LogP contribution in [0.1, 0.15) is 11.1 Å². The van der Waals surface area contributed by atoms with Crippen LogP contribution < -0.4 is 24.0 Å². The van der Waals surface area contributed by atoms with Crippen molar-refractivity contribution in [1.82, 2.24) is 0 Å². The maximum atomic E-state index is 6.24. The van der Waals surface area contributed by atoms with E-state index in [4.69, 9.17) is 18.9 Å². The van der Waals surface area contributed by atoms with E-state index in [1.165, 1.54) is 22.5 Å². The second-order valence-electron chi connectivity index (χ2n) is 7.99. The Labute approximate surface area is 164 Å². The second kappa shape index (κ2) is 5.95. The molecule has 1 fully saturated rings. The van der Waals surface area contributed by atoms with Gasteiger partial charge in [-0.1, -0.05) is 6.07 Å². The molecule has 0 aliphatic carbocycles. The molecule has 2 aromatic carbocycles. The standard InChI is InChI=1S/C22H24N2O4/c1-23-13-22(14-28-18-12-20-19(11-15(18)22)26-9-10-27-20)21-16(23)3-2-4-17(21)24-5-7-25-8-6-24/h2-4,11-12H,5-10,13-14H2,1H3. The number of hydrogen-bond donors (Lipinski definition) is 0. The summed E-state index contributed by atoms with van der Waals surface area (Å²) in [6, 6.07) is 10.8. The van der Waals surface area contributed by atoms with E-state index in [1.807, 2.05) is 6.07 Å². The van der Waals surface area contributed by atoms with Crippen molar-refractivity contribution >= 4 is 11.4 Å². The Morgan fingerprint density at radius 1 is 0.857 bits per heavy atom. The van der Waals surface area contributed by atoms with Crippen molar-refractivity contribution in [3.05, 3.63) is 41.5 Å². The summed E-state index contributed by atoms with van der Waals surface area (Å²) in [5.74, 6) is 2.53. The van der Waals surface area contributed by atoms with Gasteiger partial charge < -0.3 is 28.7 Å². The third kappa shape index (κ3) is 2.18. The van der Waals surface area contributed by atoms with Crippen molar-refractivity contribution in [1.29, 1.82) is 0 Å². The molecule has 0 bridgehead atoms. The molecule has 0 saturated carbocycles. The number of hydrogen-bond acceptors (Lipinski definition) is 6. The third-order valence-corrected chi connectivity index (χ3v) is 6.40. The number of rotatable bonds is 1. The Bertz CT molecular complexity index is 940. The minimum absolute atomic E-state index is 0.190. The summed E-state index contributed by atoms with van der Waals surface area (Å²) in [5, 5.41) is 0. The fourth-order valence-electron chi connectivity index (χ4n) is 5.15. The molecule has 28 heavy (non-hydrogen) atoms. The summed E-state index contributed by atoms with van der Waals surface area (Å²) < 4.78 is 23.5. The van der Waals surface area contributed by atoms with Crippen molar-refractivity contribution < 1.29 is 18.9 Å². The quantitative estimate of drug-likeness (QED) is 0.757. The molecule has 4 heterocycles. The van der Waals surface area contributed by atoms with Crippen LogP contribution in [-0.4, -0.2) is 59.7 Å². The molecular formula is C22H24N2O4. The number of fused-ring (bicyclic) bond motifs is 5. The van der Waals surface area contributed by atoms with E-state index >= 15 is 0 Å². The first kappa shape index (κ1) is 16.4. The lowest BCUT2D eigenvalue weighted by Gasteiger charge is -2.34. The normalized spacial score (nSPS) is 24.9. The number of benzene rings is 2. The van der Waals surface area contributed by atoms with Gasteiger partial charge in [0.25, 0.3) is 0 Å². The Balaban J connectivity index is 1.53. The van der Waals surface area contributed by atoms with Crippen molar-refractivity contribution in [2.45, 2.75) is 5.41 Å². The SMILES string of the molecule is CN1CC2(COc3cc4c(cc32)OCCO4)c2c1cccc2N1CCOCC1. The largest absolute Gasteiger partial charge is 0.492 e. The smallest absolute Gasteiger partial charge is 0.165 e. The molecule has 1 spiro atoms. The molecule has 0 aromatic heterocycles. The summed E-state index contributed by atoms with van der Waals surface area (Å²) >= 11 is 0. The van der Waals surface area contributed by atoms with Crippen LogP contribution in [0.15, 0.2) is 30.3 Å². The monoisotopic (exact) mass is 380 g/mol. The molecule has 146 valence electrons. The van der Waals surface area contributed by atoms with E-state index in [-0.39, 0.29) is 5.41 Å². The summed E-state index contributed by atoms with van der Waals surface area (Å²) in [5.41, 5.74) is 4.98. The minimum Gasteiger partial charge on any atom is -0.492 e. The van der Waals surface area contributed by atoms with Crippen LogP contribution in [-0.2, 0) is 10.2 Å². The Kier molecular flexibility index (Phi) is 3.48. The van der Waals surface area contributed by atoms with Crippen LogP contribution in [0.25, 0.3) is 0 Å². The molecule has 4 aliphatic heterocycles. The zero-order chi connectivity index (χ0) is 18.7. The van der Waals surface area contributed by atoms with Gasteiger partial charge in [-0.3, -0.25) is 0 Å². The molecular weight excluding hydrogens is 356 g/mol. The van der Waals surface area contributed by atoms with Crippen LogP contribution in [0.3, 0.4) is 0 Å². The van der Waals surface area contributed by atoms with Gasteiger partial charge in [-0.2, -0.15) is 0 Å². The van der Waals surface area contributed by atoms with Crippen molar-refractivity contribution in [2.75, 3.05) is 69.5 Å². The van der Waals surface area contributed by atoms with E-state index < -0.39 is 0 Å². The van der Waals surface area contributed by atoms with Gasteiger partial charge in [-0.25, -0.2) is 0 Å². The van der Waals surface area contributed by atoms with Crippen LogP contribution in [0.4, 0.5) is 11.4 Å². The lowest BCUT2D eigenvalue weighted by molar-refractivity contribution is 0.122. The van der Waals surface area contributed by atoms with Crippen molar-refractivity contribution in [2.24, 2.45) is 0 Å². The van der Waals surface area contributed by atoms with Crippen LogP contribution in [0.2, 0.25) is 0 Å². The number of morpholine rings is 1. The van der Waals surface area contributed by atoms with E-state index in [1.54, 1.807) is 0 Å². The average molecular weight is 380 g/mol. The molecule has 0 amide bonds. The average Bonchev–Trinajstić information content (AvgIpc) is 3.25. The van der Waals surface area contributed by atoms with Gasteiger partial charge in [0.2, 0.25) is 0 Å². The molecule has 6 heteroatoms. The zero-order valence-electron chi connectivity index (χ0n) is 16.1. The van der Waals surface area contributed by atoms with Gasteiger partial charge >= 0.3 is 0 Å². The van der Waals surface area contributed by atoms with Gasteiger partial charge in [0.1, 0.15) is 25.6 Å². The number of likely N-dealkylation sites (N-methyl/N-ethyl adjacent to an activating group) is 1. The van der Waals surface area contributed by atoms with E-state index in [2.05, 4.69) is 41.1 Å².